The highest BCUT2D eigenvalue weighted by Gasteiger charge is 2.30. The van der Waals surface area contributed by atoms with Crippen molar-refractivity contribution in [1.29, 1.82) is 0 Å². The average Bonchev–Trinajstić information content (AvgIpc) is 3.50. The van der Waals surface area contributed by atoms with Crippen LogP contribution in [0.5, 0.6) is 0 Å². The summed E-state index contributed by atoms with van der Waals surface area (Å²) in [6.07, 6.45) is 10.9. The zero-order chi connectivity index (χ0) is 26.2. The van der Waals surface area contributed by atoms with Crippen LogP contribution >= 0.6 is 11.3 Å². The Morgan fingerprint density at radius 1 is 1.11 bits per heavy atom. The average molecular weight is 527 g/mol. The zero-order valence-electron chi connectivity index (χ0n) is 21.6. The molecule has 2 aliphatic rings. The van der Waals surface area contributed by atoms with Gasteiger partial charge in [-0.15, -0.1) is 0 Å². The second kappa shape index (κ2) is 10.1. The van der Waals surface area contributed by atoms with E-state index in [9.17, 15) is 9.59 Å². The predicted octanol–water partition coefficient (Wildman–Crippen LogP) is 5.49. The van der Waals surface area contributed by atoms with Crippen molar-refractivity contribution in [2.45, 2.75) is 64.8 Å². The molecule has 1 aromatic carbocycles. The van der Waals surface area contributed by atoms with E-state index in [2.05, 4.69) is 15.6 Å². The highest BCUT2D eigenvalue weighted by molar-refractivity contribution is 7.19. The van der Waals surface area contributed by atoms with E-state index >= 15 is 0 Å². The van der Waals surface area contributed by atoms with E-state index in [-0.39, 0.29) is 17.9 Å². The van der Waals surface area contributed by atoms with E-state index in [1.165, 1.54) is 37.5 Å². The molecule has 0 bridgehead atoms. The van der Waals surface area contributed by atoms with Crippen LogP contribution in [-0.2, 0) is 17.6 Å². The normalized spacial score (nSPS) is 15.0. The van der Waals surface area contributed by atoms with Gasteiger partial charge in [0.25, 0.3) is 5.91 Å². The van der Waals surface area contributed by atoms with Crippen LogP contribution in [0.3, 0.4) is 0 Å². The van der Waals surface area contributed by atoms with E-state index in [4.69, 9.17) is 10.1 Å². The van der Waals surface area contributed by atoms with Gasteiger partial charge in [-0.3, -0.25) is 14.6 Å². The van der Waals surface area contributed by atoms with Gasteiger partial charge in [0.2, 0.25) is 5.91 Å². The number of nitrogens with one attached hydrogen (secondary N) is 2. The third-order valence-electron chi connectivity index (χ3n) is 7.35. The highest BCUT2D eigenvalue weighted by Crippen LogP contribution is 2.44. The topological polar surface area (TPSA) is 102 Å². The van der Waals surface area contributed by atoms with Crippen molar-refractivity contribution in [3.05, 3.63) is 65.1 Å². The Kier molecular flexibility index (Phi) is 6.53. The van der Waals surface area contributed by atoms with E-state index in [1.54, 1.807) is 6.20 Å². The molecule has 0 atom stereocenters. The first-order valence-electron chi connectivity index (χ1n) is 13.2. The molecule has 2 N–H and O–H groups in total. The maximum Gasteiger partial charge on any atom is 0.251 e. The summed E-state index contributed by atoms with van der Waals surface area (Å²) in [7, 11) is 0. The lowest BCUT2D eigenvalue weighted by Gasteiger charge is -2.23. The summed E-state index contributed by atoms with van der Waals surface area (Å²) in [6, 6.07) is 10.0. The molecule has 2 amide bonds. The summed E-state index contributed by atoms with van der Waals surface area (Å²) >= 11 is 1.47. The molecule has 1 fully saturated rings. The van der Waals surface area contributed by atoms with E-state index in [0.29, 0.717) is 10.7 Å². The molecule has 4 aromatic rings. The van der Waals surface area contributed by atoms with Gasteiger partial charge in [0.05, 0.1) is 27.6 Å². The molecule has 3 aromatic heterocycles. The fourth-order valence-corrected chi connectivity index (χ4v) is 6.65. The molecule has 8 nitrogen and oxygen atoms in total. The molecule has 2 aliphatic carbocycles. The number of carbonyl (C=O) groups excluding carboxylic acids is 2. The van der Waals surface area contributed by atoms with Gasteiger partial charge in [0.1, 0.15) is 0 Å². The van der Waals surface area contributed by atoms with Crippen LogP contribution in [0.2, 0.25) is 0 Å². The van der Waals surface area contributed by atoms with Gasteiger partial charge in [-0.25, -0.2) is 9.67 Å². The van der Waals surface area contributed by atoms with Crippen molar-refractivity contribution in [1.82, 2.24) is 25.1 Å². The van der Waals surface area contributed by atoms with Crippen molar-refractivity contribution in [2.24, 2.45) is 0 Å². The summed E-state index contributed by atoms with van der Waals surface area (Å²) in [5, 5.41) is 11.8. The Morgan fingerprint density at radius 2 is 1.95 bits per heavy atom. The Balaban J connectivity index is 1.42. The number of pyridine rings is 1. The van der Waals surface area contributed by atoms with Crippen molar-refractivity contribution in [3.63, 3.8) is 0 Å². The van der Waals surface area contributed by atoms with Crippen LogP contribution in [0.15, 0.2) is 42.7 Å². The lowest BCUT2D eigenvalue weighted by Crippen LogP contribution is -2.36. The number of hydrogen-bond acceptors (Lipinski definition) is 6. The lowest BCUT2D eigenvalue weighted by atomic mass is 9.95. The first kappa shape index (κ1) is 24.5. The van der Waals surface area contributed by atoms with Crippen LogP contribution in [0.1, 0.15) is 66.2 Å². The minimum Gasteiger partial charge on any atom is -0.349 e. The molecular weight excluding hydrogens is 496 g/mol. The van der Waals surface area contributed by atoms with Crippen LogP contribution in [0, 0.1) is 6.92 Å². The van der Waals surface area contributed by atoms with Gasteiger partial charge in [0, 0.05) is 42.0 Å². The maximum absolute atomic E-state index is 13.0. The van der Waals surface area contributed by atoms with Gasteiger partial charge in [0.15, 0.2) is 5.13 Å². The SMILES string of the molecule is CC(=O)Nc1nc2c(s1)-c1c(c(-c3cccnc3)nn1-c1ccc(C(=O)NC3CCCCC3)cc1C)CC2. The van der Waals surface area contributed by atoms with Crippen molar-refractivity contribution >= 4 is 28.3 Å². The number of aromatic nitrogens is 4. The number of amides is 2. The minimum absolute atomic E-state index is 0.0187. The molecule has 0 unspecified atom stereocenters. The first-order valence-corrected chi connectivity index (χ1v) is 14.0. The van der Waals surface area contributed by atoms with E-state index in [0.717, 1.165) is 70.0 Å². The van der Waals surface area contributed by atoms with Crippen LogP contribution in [0.4, 0.5) is 5.13 Å². The molecular formula is C29H30N6O2S. The van der Waals surface area contributed by atoms with Crippen molar-refractivity contribution < 1.29 is 9.59 Å². The van der Waals surface area contributed by atoms with Crippen molar-refractivity contribution in [3.8, 4) is 27.5 Å². The predicted molar refractivity (Wildman–Crippen MR) is 149 cm³/mol. The number of thiazole rings is 1. The maximum atomic E-state index is 13.0. The number of carbonyl (C=O) groups is 2. The Hall–Kier alpha value is -3.85. The number of nitrogens with zero attached hydrogens (tertiary/aromatic N) is 4. The number of rotatable bonds is 5. The summed E-state index contributed by atoms with van der Waals surface area (Å²) in [5.41, 5.74) is 7.48. The number of hydrogen-bond donors (Lipinski definition) is 2. The third kappa shape index (κ3) is 4.62. The molecule has 194 valence electrons. The van der Waals surface area contributed by atoms with Crippen LogP contribution < -0.4 is 10.6 Å². The zero-order valence-corrected chi connectivity index (χ0v) is 22.4. The fourth-order valence-electron chi connectivity index (χ4n) is 5.53. The number of fused-ring (bicyclic) bond motifs is 3. The number of anilines is 1. The largest absolute Gasteiger partial charge is 0.349 e. The highest BCUT2D eigenvalue weighted by atomic mass is 32.1. The molecule has 0 spiro atoms. The second-order valence-electron chi connectivity index (χ2n) is 10.1. The minimum atomic E-state index is -0.140. The number of aryl methyl sites for hydroxylation is 2. The molecule has 0 aliphatic heterocycles. The Morgan fingerprint density at radius 3 is 2.68 bits per heavy atom. The molecule has 3 heterocycles. The summed E-state index contributed by atoms with van der Waals surface area (Å²) in [4.78, 5) is 34.7. The standard InChI is InChI=1S/C29H30N6O2S/c1-17-15-19(28(37)32-21-8-4-3-5-9-21)10-13-24(17)35-26-22(25(34-35)20-7-6-14-30-16-20)11-12-23-27(26)38-29(33-23)31-18(2)36/h6-7,10,13-16,21H,3-5,8-9,11-12H2,1-2H3,(H,32,37)(H,31,33,36). The number of benzene rings is 1. The molecule has 1 saturated carbocycles. The van der Waals surface area contributed by atoms with Gasteiger partial charge in [-0.2, -0.15) is 5.10 Å². The van der Waals surface area contributed by atoms with Gasteiger partial charge in [-0.05, 0) is 68.5 Å². The Labute approximate surface area is 225 Å². The third-order valence-corrected chi connectivity index (χ3v) is 8.37. The van der Waals surface area contributed by atoms with Crippen molar-refractivity contribution in [2.75, 3.05) is 5.32 Å². The smallest absolute Gasteiger partial charge is 0.251 e. The Bertz CT molecular complexity index is 1520. The summed E-state index contributed by atoms with van der Waals surface area (Å²) < 4.78 is 1.98. The summed E-state index contributed by atoms with van der Waals surface area (Å²) in [6.45, 7) is 3.51. The van der Waals surface area contributed by atoms with Gasteiger partial charge < -0.3 is 10.6 Å². The molecule has 38 heavy (non-hydrogen) atoms. The van der Waals surface area contributed by atoms with Crippen LogP contribution in [0.25, 0.3) is 27.5 Å². The fraction of sp³-hybridized carbons (Fsp3) is 0.345. The molecule has 0 radical (unpaired) electrons. The second-order valence-corrected chi connectivity index (χ2v) is 11.1. The van der Waals surface area contributed by atoms with Crippen LogP contribution in [-0.4, -0.2) is 37.6 Å². The van der Waals surface area contributed by atoms with E-state index in [1.807, 2.05) is 48.1 Å². The molecule has 0 saturated heterocycles. The molecule has 9 heteroatoms. The quantitative estimate of drug-likeness (QED) is 0.358. The summed E-state index contributed by atoms with van der Waals surface area (Å²) in [5.74, 6) is -0.159. The molecule has 6 rings (SSSR count). The van der Waals surface area contributed by atoms with Gasteiger partial charge >= 0.3 is 0 Å². The van der Waals surface area contributed by atoms with E-state index < -0.39 is 0 Å². The monoisotopic (exact) mass is 526 g/mol. The lowest BCUT2D eigenvalue weighted by molar-refractivity contribution is -0.114. The first-order chi connectivity index (χ1) is 18.5. The van der Waals surface area contributed by atoms with Gasteiger partial charge in [-0.1, -0.05) is 30.6 Å².